The molecule has 0 spiro atoms. The van der Waals surface area contributed by atoms with Gasteiger partial charge in [-0.1, -0.05) is 108 Å². The van der Waals surface area contributed by atoms with Crippen molar-refractivity contribution in [3.63, 3.8) is 0 Å². The molecule has 60 heavy (non-hydrogen) atoms. The number of carbonyl (C=O) groups is 2. The first-order chi connectivity index (χ1) is 29.0. The van der Waals surface area contributed by atoms with Gasteiger partial charge in [-0.3, -0.25) is 9.59 Å². The fourth-order valence-electron chi connectivity index (χ4n) is 6.68. The molecule has 0 aliphatic carbocycles. The molecule has 0 saturated heterocycles. The second-order valence-corrected chi connectivity index (χ2v) is 14.9. The van der Waals surface area contributed by atoms with Gasteiger partial charge in [0.15, 0.2) is 11.5 Å². The summed E-state index contributed by atoms with van der Waals surface area (Å²) in [5, 5.41) is 49.1. The van der Waals surface area contributed by atoms with E-state index >= 15 is 0 Å². The minimum Gasteiger partial charge on any atom is -0.505 e. The maximum absolute atomic E-state index is 13.6. The van der Waals surface area contributed by atoms with Crippen molar-refractivity contribution in [2.45, 2.75) is 13.8 Å². The molecule has 0 heterocycles. The highest BCUT2D eigenvalue weighted by molar-refractivity contribution is 6.33. The lowest BCUT2D eigenvalue weighted by atomic mass is 10.0. The number of phenolic OH excluding ortho intramolecular Hbond substituents is 2. The van der Waals surface area contributed by atoms with Crippen LogP contribution in [0.3, 0.4) is 0 Å². The molecule has 0 saturated carbocycles. The van der Waals surface area contributed by atoms with Crippen molar-refractivity contribution in [1.82, 2.24) is 0 Å². The number of phenols is 2. The van der Waals surface area contributed by atoms with Gasteiger partial charge in [-0.15, -0.1) is 20.5 Å². The van der Waals surface area contributed by atoms with Crippen molar-refractivity contribution in [2.75, 3.05) is 10.6 Å². The van der Waals surface area contributed by atoms with Crippen molar-refractivity contribution in [1.29, 1.82) is 0 Å². The third kappa shape index (κ3) is 8.28. The molecule has 4 N–H and O–H groups in total. The van der Waals surface area contributed by atoms with E-state index in [0.717, 1.165) is 22.3 Å². The molecule has 2 amide bonds. The average molecular weight is 830 g/mol. The molecule has 0 unspecified atom stereocenters. The summed E-state index contributed by atoms with van der Waals surface area (Å²) in [5.74, 6) is -1.68. The number of nitrogens with zero attached hydrogens (tertiary/aromatic N) is 4. The summed E-state index contributed by atoms with van der Waals surface area (Å²) in [6.07, 6.45) is 0. The van der Waals surface area contributed by atoms with Gasteiger partial charge >= 0.3 is 0 Å². The first-order valence-corrected chi connectivity index (χ1v) is 19.5. The van der Waals surface area contributed by atoms with Crippen molar-refractivity contribution in [3.05, 3.63) is 178 Å². The number of benzene rings is 8. The number of azo groups is 2. The van der Waals surface area contributed by atoms with Gasteiger partial charge in [-0.05, 0) is 108 Å². The van der Waals surface area contributed by atoms with E-state index in [1.165, 1.54) is 0 Å². The van der Waals surface area contributed by atoms with Crippen molar-refractivity contribution in [3.8, 4) is 22.6 Å². The topological polar surface area (TPSA) is 148 Å². The summed E-state index contributed by atoms with van der Waals surface area (Å²) in [4.78, 5) is 27.2. The van der Waals surface area contributed by atoms with Gasteiger partial charge in [0, 0.05) is 22.1 Å². The van der Waals surface area contributed by atoms with Gasteiger partial charge in [0.25, 0.3) is 11.8 Å². The van der Waals surface area contributed by atoms with Crippen LogP contribution in [0, 0.1) is 13.8 Å². The fraction of sp³-hybridized carbons (Fsp3) is 0.0417. The van der Waals surface area contributed by atoms with E-state index in [0.29, 0.717) is 54.3 Å². The molecule has 0 atom stereocenters. The Bertz CT molecular complexity index is 2830. The highest BCUT2D eigenvalue weighted by Gasteiger charge is 2.21. The number of anilines is 2. The van der Waals surface area contributed by atoms with Crippen LogP contribution >= 0.6 is 23.2 Å². The van der Waals surface area contributed by atoms with Crippen molar-refractivity contribution in [2.24, 2.45) is 20.5 Å². The lowest BCUT2D eigenvalue weighted by Gasteiger charge is -2.12. The lowest BCUT2D eigenvalue weighted by molar-refractivity contribution is 0.101. The zero-order valence-electron chi connectivity index (χ0n) is 32.1. The normalized spacial score (nSPS) is 11.5. The van der Waals surface area contributed by atoms with E-state index in [2.05, 4.69) is 31.1 Å². The van der Waals surface area contributed by atoms with Crippen LogP contribution in [0.15, 0.2) is 166 Å². The molecule has 294 valence electrons. The summed E-state index contributed by atoms with van der Waals surface area (Å²) in [5.41, 5.74) is 5.85. The molecule has 0 aromatic heterocycles. The van der Waals surface area contributed by atoms with E-state index in [-0.39, 0.29) is 34.0 Å². The Kier molecular flexibility index (Phi) is 11.1. The number of nitrogens with one attached hydrogen (secondary N) is 2. The second kappa shape index (κ2) is 16.8. The Labute approximate surface area is 354 Å². The third-order valence-corrected chi connectivity index (χ3v) is 10.5. The third-order valence-electron chi connectivity index (χ3n) is 9.82. The zero-order chi connectivity index (χ0) is 41.9. The predicted octanol–water partition coefficient (Wildman–Crippen LogP) is 14.3. The maximum atomic E-state index is 13.6. The maximum Gasteiger partial charge on any atom is 0.259 e. The number of rotatable bonds is 9. The minimum atomic E-state index is -0.528. The van der Waals surface area contributed by atoms with Crippen LogP contribution < -0.4 is 10.6 Å². The van der Waals surface area contributed by atoms with Crippen LogP contribution in [-0.2, 0) is 0 Å². The number of hydrogen-bond donors (Lipinski definition) is 4. The van der Waals surface area contributed by atoms with Crippen LogP contribution in [0.25, 0.3) is 32.7 Å². The van der Waals surface area contributed by atoms with E-state index in [4.69, 9.17) is 23.2 Å². The highest BCUT2D eigenvalue weighted by atomic mass is 35.5. The molecular weight excluding hydrogens is 795 g/mol. The van der Waals surface area contributed by atoms with E-state index in [1.54, 1.807) is 72.8 Å². The smallest absolute Gasteiger partial charge is 0.259 e. The summed E-state index contributed by atoms with van der Waals surface area (Å²) < 4.78 is 0. The lowest BCUT2D eigenvalue weighted by Crippen LogP contribution is -2.12. The fourth-order valence-corrected chi connectivity index (χ4v) is 6.99. The zero-order valence-corrected chi connectivity index (χ0v) is 33.6. The van der Waals surface area contributed by atoms with E-state index in [9.17, 15) is 19.8 Å². The number of aryl methyl sites for hydroxylation is 2. The Morgan fingerprint density at radius 3 is 1.27 bits per heavy atom. The molecule has 8 rings (SSSR count). The number of amides is 2. The molecule has 0 aliphatic rings. The Morgan fingerprint density at radius 1 is 0.483 bits per heavy atom. The monoisotopic (exact) mass is 828 g/mol. The molecular formula is C48H34Cl2N6O4. The summed E-state index contributed by atoms with van der Waals surface area (Å²) in [6, 6.07) is 43.0. The van der Waals surface area contributed by atoms with Gasteiger partial charge in [0.05, 0.1) is 21.2 Å². The summed E-state index contributed by atoms with van der Waals surface area (Å²) in [7, 11) is 0. The van der Waals surface area contributed by atoms with Crippen LogP contribution in [0.1, 0.15) is 31.8 Å². The quantitative estimate of drug-likeness (QED) is 0.107. The van der Waals surface area contributed by atoms with Gasteiger partial charge in [0.2, 0.25) is 0 Å². The molecule has 8 aromatic carbocycles. The number of fused-ring (bicyclic) bond motifs is 2. The van der Waals surface area contributed by atoms with E-state index < -0.39 is 11.8 Å². The average Bonchev–Trinajstić information content (AvgIpc) is 3.25. The highest BCUT2D eigenvalue weighted by Crippen LogP contribution is 2.42. The number of halogens is 2. The van der Waals surface area contributed by atoms with Crippen LogP contribution in [-0.4, -0.2) is 22.0 Å². The molecule has 0 aliphatic heterocycles. The molecule has 0 bridgehead atoms. The Balaban J connectivity index is 0.979. The van der Waals surface area contributed by atoms with Gasteiger partial charge in [-0.25, -0.2) is 0 Å². The van der Waals surface area contributed by atoms with Crippen LogP contribution in [0.2, 0.25) is 10.0 Å². The second-order valence-electron chi connectivity index (χ2n) is 14.1. The molecule has 8 aromatic rings. The Hall–Kier alpha value is -7.40. The largest absolute Gasteiger partial charge is 0.505 e. The minimum absolute atomic E-state index is 0.0319. The summed E-state index contributed by atoms with van der Waals surface area (Å²) in [6.45, 7) is 3.82. The molecule has 0 radical (unpaired) electrons. The number of aromatic hydroxyl groups is 2. The summed E-state index contributed by atoms with van der Waals surface area (Å²) >= 11 is 12.7. The first kappa shape index (κ1) is 39.4. The number of carbonyl (C=O) groups excluding carboxylic acids is 2. The van der Waals surface area contributed by atoms with Crippen LogP contribution in [0.4, 0.5) is 34.1 Å². The first-order valence-electron chi connectivity index (χ1n) is 18.7. The van der Waals surface area contributed by atoms with Crippen molar-refractivity contribution < 1.29 is 19.8 Å². The standard InChI is InChI=1S/C48H34Cl2N6O4/c1-27-11-21-39(49)41(23-27)53-55-43-35-9-5-3-7-31(35)25-37(45(43)57)47(59)51-33-17-13-29(14-18-33)30-15-19-34(20-16-30)52-48(60)38-26-32-8-4-6-10-36(32)44(46(38)58)56-54-42-24-28(2)12-22-40(42)50/h3-26,57-58H,1-2H3,(H,51,59)(H,52,60). The van der Waals surface area contributed by atoms with Gasteiger partial charge < -0.3 is 20.8 Å². The SMILES string of the molecule is Cc1ccc(Cl)c(N=Nc2c(O)c(C(=O)Nc3ccc(-c4ccc(NC(=O)c5cc6ccccc6c(N=Nc6cc(C)ccc6Cl)c5O)cc4)cc3)cc3ccccc23)c1. The van der Waals surface area contributed by atoms with Crippen molar-refractivity contribution >= 4 is 90.7 Å². The predicted molar refractivity (Wildman–Crippen MR) is 240 cm³/mol. The Morgan fingerprint density at radius 2 is 0.867 bits per heavy atom. The van der Waals surface area contributed by atoms with Crippen LogP contribution in [0.5, 0.6) is 11.5 Å². The molecule has 0 fully saturated rings. The molecule has 10 nitrogen and oxygen atoms in total. The van der Waals surface area contributed by atoms with Gasteiger partial charge in [-0.2, -0.15) is 0 Å². The number of hydrogen-bond acceptors (Lipinski definition) is 8. The molecule has 12 heteroatoms. The van der Waals surface area contributed by atoms with Gasteiger partial charge in [0.1, 0.15) is 22.7 Å². The van der Waals surface area contributed by atoms with E-state index in [1.807, 2.05) is 86.6 Å².